The van der Waals surface area contributed by atoms with Crippen LogP contribution in [0.2, 0.25) is 0 Å². The lowest BCUT2D eigenvalue weighted by Crippen LogP contribution is -2.58. The molecule has 2 aromatic heterocycles. The molecule has 61 heavy (non-hydrogen) atoms. The predicted octanol–water partition coefficient (Wildman–Crippen LogP) is 3.72. The third-order valence-electron chi connectivity index (χ3n) is 12.2. The minimum atomic E-state index is -4.02. The third-order valence-corrected chi connectivity index (χ3v) is 14.3. The Labute approximate surface area is 356 Å². The van der Waals surface area contributed by atoms with Crippen molar-refractivity contribution in [1.29, 1.82) is 0 Å². The molecule has 17 nitrogen and oxygen atoms in total. The molecule has 4 heterocycles. The molecule has 4 aliphatic rings. The summed E-state index contributed by atoms with van der Waals surface area (Å²) in [5.41, 5.74) is -0.0577. The molecule has 2 aliphatic carbocycles. The fraction of sp³-hybridized carbons (Fsp3) is 0.581. The van der Waals surface area contributed by atoms with Gasteiger partial charge >= 0.3 is 0 Å². The van der Waals surface area contributed by atoms with Gasteiger partial charge in [-0.2, -0.15) is 5.10 Å². The second-order valence-corrected chi connectivity index (χ2v) is 19.3. The van der Waals surface area contributed by atoms with E-state index in [9.17, 15) is 27.6 Å². The molecule has 3 N–H and O–H groups in total. The van der Waals surface area contributed by atoms with Crippen LogP contribution in [0.4, 0.5) is 0 Å². The van der Waals surface area contributed by atoms with Crippen molar-refractivity contribution in [2.24, 2.45) is 5.92 Å². The van der Waals surface area contributed by atoms with Crippen LogP contribution in [0, 0.1) is 12.8 Å². The van der Waals surface area contributed by atoms with Gasteiger partial charge < -0.3 is 34.5 Å². The van der Waals surface area contributed by atoms with Crippen LogP contribution in [-0.4, -0.2) is 114 Å². The van der Waals surface area contributed by atoms with Gasteiger partial charge in [0.25, 0.3) is 11.8 Å². The molecule has 1 aromatic carbocycles. The Hall–Kier alpha value is -5.23. The number of rotatable bonds is 13. The molecule has 5 atom stereocenters. The van der Waals surface area contributed by atoms with Gasteiger partial charge in [-0.3, -0.25) is 28.6 Å². The normalized spacial score (nSPS) is 25.7. The summed E-state index contributed by atoms with van der Waals surface area (Å²) in [5, 5.41) is 10.9. The minimum Gasteiger partial charge on any atom is -0.496 e. The number of fused-ring (bicyclic) bond motifs is 3. The van der Waals surface area contributed by atoms with Gasteiger partial charge in [0.15, 0.2) is 0 Å². The first kappa shape index (κ1) is 43.8. The van der Waals surface area contributed by atoms with Crippen LogP contribution in [0.5, 0.6) is 17.4 Å². The zero-order valence-electron chi connectivity index (χ0n) is 35.7. The highest BCUT2D eigenvalue weighted by atomic mass is 32.2. The number of aromatic nitrogens is 3. The number of hydrogen-bond donors (Lipinski definition) is 3. The molecule has 1 saturated heterocycles. The number of benzene rings is 1. The number of methoxy groups -OCH3 is 2. The number of sulfonamides is 1. The van der Waals surface area contributed by atoms with Gasteiger partial charge in [0.2, 0.25) is 27.7 Å². The Kier molecular flexibility index (Phi) is 12.7. The number of nitrogens with zero attached hydrogens (tertiary/aromatic N) is 4. The number of pyridine rings is 1. The van der Waals surface area contributed by atoms with Crippen LogP contribution < -0.4 is 29.6 Å². The highest BCUT2D eigenvalue weighted by molar-refractivity contribution is 7.91. The summed E-state index contributed by atoms with van der Waals surface area (Å²) in [6, 6.07) is 4.72. The number of nitrogens with one attached hydrogen (secondary N) is 3. The average Bonchev–Trinajstić information content (AvgIpc) is 4.00. The fourth-order valence-electron chi connectivity index (χ4n) is 8.13. The molecule has 0 bridgehead atoms. The van der Waals surface area contributed by atoms with Crippen molar-refractivity contribution in [3.63, 3.8) is 0 Å². The molecule has 0 spiro atoms. The zero-order chi connectivity index (χ0) is 43.7. The first-order valence-corrected chi connectivity index (χ1v) is 22.6. The van der Waals surface area contributed by atoms with E-state index in [-0.39, 0.29) is 31.2 Å². The predicted molar refractivity (Wildman–Crippen MR) is 225 cm³/mol. The molecule has 3 fully saturated rings. The maximum Gasteiger partial charge on any atom is 0.272 e. The highest BCUT2D eigenvalue weighted by Gasteiger charge is 2.63. The van der Waals surface area contributed by atoms with Crippen LogP contribution in [0.15, 0.2) is 42.6 Å². The standard InChI is InChI=1S/C43H57N7O10S/c1-26(2)59-36-23-35(30-14-15-34(58-6)27(3)37(30)45-36)60-29-22-33-39(52)46-43(41(54)48-61(55,56)42(4)17-18-42)24-28(43)12-10-8-7-9-11-13-32(40(53)50(33)25-29)44-38(51)31-16-19-49(47-31)20-21-57-5/h10,12,14-16,19,23,26,28-29,32-33H,7-9,11,13,17-18,20-22,24-25H2,1-6H3,(H,44,51)(H,46,52)(H,48,54)/b12-10-/t28-,29-,32+,33+,43-/m1/s1. The summed E-state index contributed by atoms with van der Waals surface area (Å²) in [6.07, 6.45) is 8.71. The zero-order valence-corrected chi connectivity index (χ0v) is 36.5. The van der Waals surface area contributed by atoms with Gasteiger partial charge in [-0.1, -0.05) is 25.0 Å². The lowest BCUT2D eigenvalue weighted by Gasteiger charge is -2.30. The van der Waals surface area contributed by atoms with Crippen LogP contribution in [0.25, 0.3) is 10.9 Å². The molecule has 4 amide bonds. The van der Waals surface area contributed by atoms with E-state index < -0.39 is 68.0 Å². The van der Waals surface area contributed by atoms with E-state index in [1.165, 1.54) is 4.90 Å². The topological polar surface area (TPSA) is 209 Å². The molecule has 3 aromatic rings. The summed E-state index contributed by atoms with van der Waals surface area (Å²) >= 11 is 0. The number of hydrogen-bond acceptors (Lipinski definition) is 12. The third kappa shape index (κ3) is 9.34. The van der Waals surface area contributed by atoms with Crippen molar-refractivity contribution in [3.05, 3.63) is 53.9 Å². The van der Waals surface area contributed by atoms with Crippen LogP contribution in [0.3, 0.4) is 0 Å². The Morgan fingerprint density at radius 3 is 2.59 bits per heavy atom. The van der Waals surface area contributed by atoms with E-state index in [0.717, 1.165) is 18.4 Å². The molecular formula is C43H57N7O10S. The maximum atomic E-state index is 14.9. The summed E-state index contributed by atoms with van der Waals surface area (Å²) in [5.74, 6) is -1.58. The van der Waals surface area contributed by atoms with Crippen LogP contribution in [-0.2, 0) is 35.7 Å². The van der Waals surface area contributed by atoms with Gasteiger partial charge in [0, 0.05) is 42.7 Å². The lowest BCUT2D eigenvalue weighted by atomic mass is 10.0. The summed E-state index contributed by atoms with van der Waals surface area (Å²) < 4.78 is 52.8. The number of carbonyl (C=O) groups is 4. The Bertz CT molecular complexity index is 2310. The smallest absolute Gasteiger partial charge is 0.272 e. The van der Waals surface area contributed by atoms with Gasteiger partial charge in [-0.25, -0.2) is 13.4 Å². The Morgan fingerprint density at radius 2 is 1.87 bits per heavy atom. The number of allylic oxidation sites excluding steroid dienone is 1. The molecule has 7 rings (SSSR count). The largest absolute Gasteiger partial charge is 0.496 e. The number of ether oxygens (including phenoxy) is 4. The van der Waals surface area contributed by atoms with E-state index >= 15 is 0 Å². The van der Waals surface area contributed by atoms with E-state index in [1.807, 2.05) is 45.1 Å². The van der Waals surface area contributed by atoms with E-state index in [4.69, 9.17) is 23.9 Å². The molecule has 18 heteroatoms. The van der Waals surface area contributed by atoms with Crippen molar-refractivity contribution in [1.82, 2.24) is 35.0 Å². The fourth-order valence-corrected chi connectivity index (χ4v) is 9.44. The van der Waals surface area contributed by atoms with Crippen molar-refractivity contribution < 1.29 is 46.5 Å². The van der Waals surface area contributed by atoms with E-state index in [0.29, 0.717) is 73.5 Å². The van der Waals surface area contributed by atoms with Crippen molar-refractivity contribution >= 4 is 44.6 Å². The quantitative estimate of drug-likeness (QED) is 0.210. The van der Waals surface area contributed by atoms with E-state index in [1.54, 1.807) is 44.2 Å². The van der Waals surface area contributed by atoms with Gasteiger partial charge in [-0.05, 0) is 84.4 Å². The minimum absolute atomic E-state index is 0.0239. The molecule has 0 unspecified atom stereocenters. The second kappa shape index (κ2) is 17.6. The number of carbonyl (C=O) groups excluding carboxylic acids is 4. The molecule has 2 saturated carbocycles. The number of aryl methyl sites for hydroxylation is 1. The van der Waals surface area contributed by atoms with Crippen LogP contribution in [0.1, 0.15) is 94.6 Å². The first-order valence-electron chi connectivity index (χ1n) is 21.1. The Morgan fingerprint density at radius 1 is 1.08 bits per heavy atom. The summed E-state index contributed by atoms with van der Waals surface area (Å²) in [6.45, 7) is 8.03. The van der Waals surface area contributed by atoms with Gasteiger partial charge in [0.1, 0.15) is 40.9 Å². The van der Waals surface area contributed by atoms with Crippen molar-refractivity contribution in [2.45, 2.75) is 127 Å². The maximum absolute atomic E-state index is 14.9. The van der Waals surface area contributed by atoms with Crippen molar-refractivity contribution in [3.8, 4) is 17.4 Å². The van der Waals surface area contributed by atoms with Crippen LogP contribution >= 0.6 is 0 Å². The molecule has 330 valence electrons. The van der Waals surface area contributed by atoms with E-state index in [2.05, 4.69) is 20.5 Å². The molecular weight excluding hydrogens is 807 g/mol. The average molecular weight is 864 g/mol. The SMILES string of the molecule is COCCn1ccc(C(=O)N[C@H]2CCCCC/C=C\[C@@H]3C[C@@]3(C(=O)NS(=O)(=O)C3(C)CC3)NC(=O)[C@@H]3C[C@@H](Oc4cc(OC(C)C)nc5c(C)c(OC)ccc45)CN3C2=O)n1. The molecule has 0 radical (unpaired) electrons. The van der Waals surface area contributed by atoms with Gasteiger partial charge in [-0.15, -0.1) is 0 Å². The monoisotopic (exact) mass is 863 g/mol. The number of amides is 4. The first-order chi connectivity index (χ1) is 29.1. The van der Waals surface area contributed by atoms with Gasteiger partial charge in [0.05, 0.1) is 43.2 Å². The Balaban J connectivity index is 1.22. The highest BCUT2D eigenvalue weighted by Crippen LogP contribution is 2.47. The lowest BCUT2D eigenvalue weighted by molar-refractivity contribution is -0.141. The second-order valence-electron chi connectivity index (χ2n) is 17.1. The molecule has 2 aliphatic heterocycles. The van der Waals surface area contributed by atoms with Crippen molar-refractivity contribution in [2.75, 3.05) is 27.4 Å². The summed E-state index contributed by atoms with van der Waals surface area (Å²) in [4.78, 5) is 63.3. The summed E-state index contributed by atoms with van der Waals surface area (Å²) in [7, 11) is -0.869.